The van der Waals surface area contributed by atoms with Gasteiger partial charge in [0.05, 0.1) is 28.5 Å². The lowest BCUT2D eigenvalue weighted by Gasteiger charge is -2.33. The number of aromatic nitrogens is 6. The summed E-state index contributed by atoms with van der Waals surface area (Å²) in [6.07, 6.45) is 10.2. The third kappa shape index (κ3) is 15.2. The lowest BCUT2D eigenvalue weighted by atomic mass is 10.1. The number of carbonyl (C=O) groups is 2. The van der Waals surface area contributed by atoms with Crippen molar-refractivity contribution in [1.29, 1.82) is 0 Å². The standard InChI is InChI=1S/C23H30N4O6S.C15H22ClN3O3.C8H9NO3S/c1-15-20(31-16-9-11-27(12-10-16)22(28)33-23(2,3)4)25-14-26-21(15)32-17-5-8-19(24-13-17)34(29,30)18-6-7-18;1-10-12(16)17-9-18-13(10)21-11-5-7-19(8-6-11)14(20)22-15(2,3)4;10-6-1-4-8(9-5-6)13(11,12)7-2-3-7/h5,8,13-14,16,18H,6-7,9-12H2,1-4H3;9,11H,5-8H2,1-4H3;1,4-5,7,10H,2-3H2. The lowest BCUT2D eigenvalue weighted by molar-refractivity contribution is 0.0110. The number of likely N-dealkylation sites (tertiary alicyclic amines) is 2. The van der Waals surface area contributed by atoms with Crippen LogP contribution in [0, 0.1) is 13.8 Å². The van der Waals surface area contributed by atoms with Gasteiger partial charge in [-0.15, -0.1) is 0 Å². The van der Waals surface area contributed by atoms with Gasteiger partial charge >= 0.3 is 12.2 Å². The van der Waals surface area contributed by atoms with Crippen molar-refractivity contribution >= 4 is 43.5 Å². The van der Waals surface area contributed by atoms with E-state index in [1.807, 2.05) is 48.5 Å². The Morgan fingerprint density at radius 2 is 1.01 bits per heavy atom. The van der Waals surface area contributed by atoms with Gasteiger partial charge in [-0.1, -0.05) is 11.6 Å². The Hall–Kier alpha value is -5.61. The minimum atomic E-state index is -3.35. The predicted octanol–water partition coefficient (Wildman–Crippen LogP) is 7.63. The summed E-state index contributed by atoms with van der Waals surface area (Å²) in [5.41, 5.74) is 0.352. The predicted molar refractivity (Wildman–Crippen MR) is 252 cm³/mol. The van der Waals surface area contributed by atoms with Gasteiger partial charge in [0.1, 0.15) is 52.7 Å². The van der Waals surface area contributed by atoms with Gasteiger partial charge in [-0.3, -0.25) is 0 Å². The highest BCUT2D eigenvalue weighted by atomic mass is 35.5. The van der Waals surface area contributed by atoms with Gasteiger partial charge < -0.3 is 38.6 Å². The number of halogens is 1. The average Bonchev–Trinajstić information content (AvgIpc) is 4.21. The molecule has 23 heteroatoms. The van der Waals surface area contributed by atoms with Crippen molar-refractivity contribution in [2.45, 2.75) is 151 Å². The van der Waals surface area contributed by atoms with Gasteiger partial charge in [-0.25, -0.2) is 56.3 Å². The smallest absolute Gasteiger partial charge is 0.410 e. The van der Waals surface area contributed by atoms with Crippen LogP contribution in [0.1, 0.15) is 104 Å². The van der Waals surface area contributed by atoms with Crippen molar-refractivity contribution in [3.63, 3.8) is 0 Å². The highest BCUT2D eigenvalue weighted by Gasteiger charge is 2.39. The first-order valence-corrected chi connectivity index (χ1v) is 26.2. The van der Waals surface area contributed by atoms with Crippen molar-refractivity contribution < 1.29 is 55.2 Å². The van der Waals surface area contributed by atoms with Gasteiger partial charge in [0.2, 0.25) is 17.6 Å². The molecule has 0 spiro atoms. The maximum absolute atomic E-state index is 12.3. The Labute approximate surface area is 408 Å². The maximum Gasteiger partial charge on any atom is 0.410 e. The average molecular weight is 1020 g/mol. The summed E-state index contributed by atoms with van der Waals surface area (Å²) in [6.45, 7) is 17.0. The van der Waals surface area contributed by atoms with Crippen molar-refractivity contribution in [2.24, 2.45) is 0 Å². The van der Waals surface area contributed by atoms with E-state index in [2.05, 4.69) is 29.9 Å². The second kappa shape index (κ2) is 22.0. The number of carbonyl (C=O) groups excluding carboxylic acids is 2. The quantitative estimate of drug-likeness (QED) is 0.150. The fraction of sp³-hybridized carbons (Fsp3) is 0.565. The summed E-state index contributed by atoms with van der Waals surface area (Å²) < 4.78 is 76.3. The molecular formula is C46H61ClN8O12S2. The zero-order valence-corrected chi connectivity index (χ0v) is 42.5. The number of nitrogens with zero attached hydrogens (tertiary/aromatic N) is 8. The van der Waals surface area contributed by atoms with Crippen LogP contribution in [-0.4, -0.2) is 134 Å². The van der Waals surface area contributed by atoms with Gasteiger partial charge in [-0.05, 0) is 105 Å². The minimum absolute atomic E-state index is 0.0170. The molecule has 2 amide bonds. The summed E-state index contributed by atoms with van der Waals surface area (Å²) in [7, 11) is -6.55. The molecule has 376 valence electrons. The van der Waals surface area contributed by atoms with E-state index in [4.69, 9.17) is 40.4 Å². The third-order valence-corrected chi connectivity index (χ3v) is 15.6. The first-order chi connectivity index (χ1) is 32.4. The summed E-state index contributed by atoms with van der Waals surface area (Å²) in [5.74, 6) is 1.57. The normalized spacial score (nSPS) is 17.1. The van der Waals surface area contributed by atoms with Gasteiger partial charge in [0.15, 0.2) is 29.7 Å². The Morgan fingerprint density at radius 1 is 0.594 bits per heavy atom. The molecule has 0 bridgehead atoms. The largest absolute Gasteiger partial charge is 0.506 e. The van der Waals surface area contributed by atoms with E-state index in [0.29, 0.717) is 86.0 Å². The molecule has 1 N–H and O–H groups in total. The molecule has 20 nitrogen and oxygen atoms in total. The monoisotopic (exact) mass is 1020 g/mol. The molecule has 4 aliphatic rings. The molecule has 4 aromatic heterocycles. The molecule has 8 rings (SSSR count). The second-order valence-electron chi connectivity index (χ2n) is 19.1. The summed E-state index contributed by atoms with van der Waals surface area (Å²) >= 11 is 5.96. The van der Waals surface area contributed by atoms with Gasteiger partial charge in [0, 0.05) is 57.4 Å². The molecule has 2 aliphatic carbocycles. The van der Waals surface area contributed by atoms with Crippen molar-refractivity contribution in [3.05, 3.63) is 65.6 Å². The van der Waals surface area contributed by atoms with Gasteiger partial charge in [-0.2, -0.15) is 0 Å². The fourth-order valence-corrected chi connectivity index (χ4v) is 10.0. The van der Waals surface area contributed by atoms with Crippen LogP contribution in [0.2, 0.25) is 5.15 Å². The number of hydrogen-bond acceptors (Lipinski definition) is 18. The third-order valence-electron chi connectivity index (χ3n) is 10.9. The topological polar surface area (TPSA) is 253 Å². The van der Waals surface area contributed by atoms with Crippen LogP contribution in [0.4, 0.5) is 9.59 Å². The van der Waals surface area contributed by atoms with E-state index in [9.17, 15) is 26.4 Å². The van der Waals surface area contributed by atoms with Crippen LogP contribution in [0.5, 0.6) is 29.1 Å². The van der Waals surface area contributed by atoms with E-state index in [0.717, 1.165) is 37.4 Å². The molecule has 6 heterocycles. The Bertz CT molecular complexity index is 2630. The summed E-state index contributed by atoms with van der Waals surface area (Å²) in [6, 6.07) is 5.69. The van der Waals surface area contributed by atoms with E-state index >= 15 is 0 Å². The number of ether oxygens (including phenoxy) is 5. The zero-order chi connectivity index (χ0) is 50.3. The molecule has 2 aliphatic heterocycles. The molecule has 4 fully saturated rings. The number of piperidine rings is 2. The van der Waals surface area contributed by atoms with Crippen molar-refractivity contribution in [2.75, 3.05) is 26.2 Å². The van der Waals surface area contributed by atoms with Gasteiger partial charge in [0.25, 0.3) is 0 Å². The highest BCUT2D eigenvalue weighted by Crippen LogP contribution is 2.35. The highest BCUT2D eigenvalue weighted by molar-refractivity contribution is 7.92. The molecule has 2 saturated carbocycles. The van der Waals surface area contributed by atoms with Crippen LogP contribution in [0.3, 0.4) is 0 Å². The molecule has 2 saturated heterocycles. The maximum atomic E-state index is 12.3. The van der Waals surface area contributed by atoms with E-state index in [1.54, 1.807) is 22.8 Å². The van der Waals surface area contributed by atoms with Crippen LogP contribution < -0.4 is 14.2 Å². The second-order valence-corrected chi connectivity index (χ2v) is 23.8. The summed E-state index contributed by atoms with van der Waals surface area (Å²) in [5, 5.41) is 8.88. The molecular weight excluding hydrogens is 956 g/mol. The Morgan fingerprint density at radius 3 is 1.42 bits per heavy atom. The van der Waals surface area contributed by atoms with Crippen LogP contribution in [0.15, 0.2) is 59.4 Å². The Kier molecular flexibility index (Phi) is 16.8. The number of amides is 2. The van der Waals surface area contributed by atoms with Crippen molar-refractivity contribution in [1.82, 2.24) is 39.7 Å². The number of aromatic hydroxyl groups is 1. The number of rotatable bonds is 10. The Balaban J connectivity index is 0.000000190. The van der Waals surface area contributed by atoms with E-state index in [-0.39, 0.29) is 50.7 Å². The van der Waals surface area contributed by atoms with E-state index < -0.39 is 30.9 Å². The SMILES string of the molecule is Cc1c(Cl)ncnc1OC1CCN(C(=O)OC(C)(C)C)CC1.Cc1c(Oc2ccc(S(=O)(=O)C3CC3)nc2)ncnc1OC1CCN(C(=O)OC(C)(C)C)CC1.O=S(=O)(c1ccc(O)cn1)C1CC1. The molecule has 0 unspecified atom stereocenters. The first kappa shape index (κ1) is 52.8. The molecule has 0 radical (unpaired) electrons. The summed E-state index contributed by atoms with van der Waals surface area (Å²) in [4.78, 5) is 51.8. The molecule has 0 atom stereocenters. The van der Waals surface area contributed by atoms with Crippen LogP contribution in [-0.2, 0) is 29.1 Å². The molecule has 4 aromatic rings. The van der Waals surface area contributed by atoms with Crippen LogP contribution in [0.25, 0.3) is 0 Å². The molecule has 0 aromatic carbocycles. The number of pyridine rings is 2. The first-order valence-electron chi connectivity index (χ1n) is 22.7. The molecule has 69 heavy (non-hydrogen) atoms. The number of sulfone groups is 2. The lowest BCUT2D eigenvalue weighted by Crippen LogP contribution is -2.44. The minimum Gasteiger partial charge on any atom is -0.506 e. The van der Waals surface area contributed by atoms with Crippen LogP contribution >= 0.6 is 11.6 Å². The zero-order valence-electron chi connectivity index (χ0n) is 40.1. The van der Waals surface area contributed by atoms with E-state index in [1.165, 1.54) is 37.1 Å². The van der Waals surface area contributed by atoms with Crippen molar-refractivity contribution in [3.8, 4) is 29.1 Å². The number of hydrogen-bond donors (Lipinski definition) is 1. The fourth-order valence-electron chi connectivity index (χ4n) is 6.80.